The van der Waals surface area contributed by atoms with Crippen LogP contribution in [0, 0.1) is 0 Å². The van der Waals surface area contributed by atoms with Crippen molar-refractivity contribution < 1.29 is 4.74 Å². The van der Waals surface area contributed by atoms with Crippen LogP contribution in [0.1, 0.15) is 10.4 Å². The van der Waals surface area contributed by atoms with Crippen molar-refractivity contribution in [2.75, 3.05) is 26.3 Å². The number of thiophene rings is 2. The van der Waals surface area contributed by atoms with Gasteiger partial charge in [0.1, 0.15) is 0 Å². The summed E-state index contributed by atoms with van der Waals surface area (Å²) in [6.45, 7) is 3.60. The molecule has 0 aliphatic rings. The summed E-state index contributed by atoms with van der Waals surface area (Å²) in [5.41, 5.74) is 1.42. The Kier molecular flexibility index (Phi) is 6.43. The molecule has 0 aliphatic carbocycles. The van der Waals surface area contributed by atoms with E-state index >= 15 is 0 Å². The number of rotatable bonds is 9. The summed E-state index contributed by atoms with van der Waals surface area (Å²) in [6, 6.07) is 6.43. The van der Waals surface area contributed by atoms with Crippen LogP contribution in [0.5, 0.6) is 0 Å². The van der Waals surface area contributed by atoms with E-state index in [0.717, 1.165) is 39.1 Å². The number of hydrogen-bond acceptors (Lipinski definition) is 4. The first-order chi connectivity index (χ1) is 8.95. The highest BCUT2D eigenvalue weighted by molar-refractivity contribution is 7.09. The molecular weight excluding hydrogens is 262 g/mol. The van der Waals surface area contributed by atoms with Crippen molar-refractivity contribution in [3.63, 3.8) is 0 Å². The third-order valence-corrected chi connectivity index (χ3v) is 4.33. The Morgan fingerprint density at radius 1 is 1.06 bits per heavy atom. The van der Waals surface area contributed by atoms with Crippen LogP contribution < -0.4 is 5.32 Å². The number of nitrogens with one attached hydrogen (secondary N) is 1. The summed E-state index contributed by atoms with van der Waals surface area (Å²) < 4.78 is 5.59. The molecule has 18 heavy (non-hydrogen) atoms. The fourth-order valence-electron chi connectivity index (χ4n) is 1.67. The molecule has 0 unspecified atom stereocenters. The lowest BCUT2D eigenvalue weighted by Gasteiger charge is -2.05. The maximum Gasteiger partial charge on any atom is 0.0591 e. The van der Waals surface area contributed by atoms with Crippen molar-refractivity contribution in [3.05, 3.63) is 44.8 Å². The quantitative estimate of drug-likeness (QED) is 0.713. The summed E-state index contributed by atoms with van der Waals surface area (Å²) >= 11 is 3.56. The monoisotopic (exact) mass is 281 g/mol. The zero-order chi connectivity index (χ0) is 12.5. The Bertz CT molecular complexity index is 357. The molecule has 1 N–H and O–H groups in total. The van der Waals surface area contributed by atoms with Crippen LogP contribution in [0.25, 0.3) is 0 Å². The molecule has 0 saturated carbocycles. The maximum absolute atomic E-state index is 5.59. The van der Waals surface area contributed by atoms with Gasteiger partial charge in [-0.05, 0) is 46.8 Å². The topological polar surface area (TPSA) is 21.3 Å². The molecule has 0 radical (unpaired) electrons. The Hall–Kier alpha value is -0.680. The fourth-order valence-corrected chi connectivity index (χ4v) is 3.06. The van der Waals surface area contributed by atoms with Crippen LogP contribution in [-0.4, -0.2) is 26.3 Å². The van der Waals surface area contributed by atoms with E-state index in [1.54, 1.807) is 22.7 Å². The average Bonchev–Trinajstić information content (AvgIpc) is 3.05. The standard InChI is InChI=1S/C14H19NOS2/c1-2-14(18-10-1)4-8-16-9-7-15-6-3-13-5-11-17-12-13/h1-2,5,10-12,15H,3-4,6-9H2. The van der Waals surface area contributed by atoms with Crippen molar-refractivity contribution in [3.8, 4) is 0 Å². The summed E-state index contributed by atoms with van der Waals surface area (Å²) in [7, 11) is 0. The lowest BCUT2D eigenvalue weighted by Crippen LogP contribution is -2.22. The molecule has 0 bridgehead atoms. The molecule has 2 rings (SSSR count). The van der Waals surface area contributed by atoms with E-state index in [2.05, 4.69) is 39.7 Å². The summed E-state index contributed by atoms with van der Waals surface area (Å²) in [4.78, 5) is 1.40. The predicted molar refractivity (Wildman–Crippen MR) is 79.7 cm³/mol. The highest BCUT2D eigenvalue weighted by Crippen LogP contribution is 2.08. The molecule has 2 heterocycles. The van der Waals surface area contributed by atoms with Crippen LogP contribution in [0.4, 0.5) is 0 Å². The minimum absolute atomic E-state index is 0.801. The highest BCUT2D eigenvalue weighted by atomic mass is 32.1. The van der Waals surface area contributed by atoms with Crippen molar-refractivity contribution in [1.29, 1.82) is 0 Å². The van der Waals surface area contributed by atoms with Gasteiger partial charge in [0.25, 0.3) is 0 Å². The van der Waals surface area contributed by atoms with E-state index in [4.69, 9.17) is 4.74 Å². The second kappa shape index (κ2) is 8.43. The molecule has 0 atom stereocenters. The molecule has 0 amide bonds. The van der Waals surface area contributed by atoms with Gasteiger partial charge in [-0.3, -0.25) is 0 Å². The van der Waals surface area contributed by atoms with Crippen molar-refractivity contribution in [1.82, 2.24) is 5.32 Å². The third kappa shape index (κ3) is 5.31. The molecular formula is C14H19NOS2. The van der Waals surface area contributed by atoms with Crippen LogP contribution in [0.3, 0.4) is 0 Å². The first kappa shape index (κ1) is 13.7. The molecule has 2 aromatic rings. The molecule has 0 spiro atoms. The van der Waals surface area contributed by atoms with Crippen LogP contribution >= 0.6 is 22.7 Å². The lowest BCUT2D eigenvalue weighted by atomic mass is 10.2. The minimum Gasteiger partial charge on any atom is -0.380 e. The SMILES string of the molecule is c1csc(CCOCCNCCc2ccsc2)c1. The Labute approximate surface area is 117 Å². The minimum atomic E-state index is 0.801. The van der Waals surface area contributed by atoms with Gasteiger partial charge in [0.05, 0.1) is 13.2 Å². The van der Waals surface area contributed by atoms with E-state index in [9.17, 15) is 0 Å². The summed E-state index contributed by atoms with van der Waals surface area (Å²) in [6.07, 6.45) is 2.14. The fraction of sp³-hybridized carbons (Fsp3) is 0.429. The van der Waals surface area contributed by atoms with Gasteiger partial charge in [-0.2, -0.15) is 11.3 Å². The zero-order valence-corrected chi connectivity index (χ0v) is 12.1. The largest absolute Gasteiger partial charge is 0.380 e. The van der Waals surface area contributed by atoms with Crippen molar-refractivity contribution >= 4 is 22.7 Å². The maximum atomic E-state index is 5.59. The van der Waals surface area contributed by atoms with Crippen molar-refractivity contribution in [2.45, 2.75) is 12.8 Å². The average molecular weight is 281 g/mol. The molecule has 0 saturated heterocycles. The van der Waals surface area contributed by atoms with Gasteiger partial charge in [-0.15, -0.1) is 11.3 Å². The van der Waals surface area contributed by atoms with Gasteiger partial charge < -0.3 is 10.1 Å². The highest BCUT2D eigenvalue weighted by Gasteiger charge is 1.95. The van der Waals surface area contributed by atoms with E-state index in [-0.39, 0.29) is 0 Å². The Balaban J connectivity index is 1.40. The molecule has 0 fully saturated rings. The van der Waals surface area contributed by atoms with Gasteiger partial charge in [-0.1, -0.05) is 6.07 Å². The molecule has 0 aliphatic heterocycles. The molecule has 4 heteroatoms. The van der Waals surface area contributed by atoms with Gasteiger partial charge in [0.15, 0.2) is 0 Å². The molecule has 98 valence electrons. The predicted octanol–water partition coefficient (Wildman–Crippen LogP) is 3.20. The van der Waals surface area contributed by atoms with E-state index in [0.29, 0.717) is 0 Å². The first-order valence-electron chi connectivity index (χ1n) is 6.27. The summed E-state index contributed by atoms with van der Waals surface area (Å²) in [5, 5.41) is 9.85. The third-order valence-electron chi connectivity index (χ3n) is 2.67. The zero-order valence-electron chi connectivity index (χ0n) is 10.4. The van der Waals surface area contributed by atoms with E-state index in [1.165, 1.54) is 10.4 Å². The van der Waals surface area contributed by atoms with Crippen LogP contribution in [-0.2, 0) is 17.6 Å². The molecule has 0 aromatic carbocycles. The first-order valence-corrected chi connectivity index (χ1v) is 8.09. The lowest BCUT2D eigenvalue weighted by molar-refractivity contribution is 0.139. The van der Waals surface area contributed by atoms with Gasteiger partial charge in [0.2, 0.25) is 0 Å². The Morgan fingerprint density at radius 2 is 2.06 bits per heavy atom. The number of ether oxygens (including phenoxy) is 1. The van der Waals surface area contributed by atoms with E-state index in [1.807, 2.05) is 0 Å². The van der Waals surface area contributed by atoms with Crippen LogP contribution in [0.2, 0.25) is 0 Å². The smallest absolute Gasteiger partial charge is 0.0591 e. The molecule has 2 nitrogen and oxygen atoms in total. The summed E-state index contributed by atoms with van der Waals surface area (Å²) in [5.74, 6) is 0. The van der Waals surface area contributed by atoms with Crippen LogP contribution in [0.15, 0.2) is 34.3 Å². The Morgan fingerprint density at radius 3 is 2.83 bits per heavy atom. The molecule has 2 aromatic heterocycles. The van der Waals surface area contributed by atoms with Gasteiger partial charge >= 0.3 is 0 Å². The second-order valence-corrected chi connectivity index (χ2v) is 5.89. The van der Waals surface area contributed by atoms with Gasteiger partial charge in [0, 0.05) is 17.8 Å². The second-order valence-electron chi connectivity index (χ2n) is 4.07. The van der Waals surface area contributed by atoms with Crippen molar-refractivity contribution in [2.24, 2.45) is 0 Å². The van der Waals surface area contributed by atoms with Gasteiger partial charge in [-0.25, -0.2) is 0 Å². The normalized spacial score (nSPS) is 10.9. The number of hydrogen-bond donors (Lipinski definition) is 1. The van der Waals surface area contributed by atoms with E-state index < -0.39 is 0 Å².